The summed E-state index contributed by atoms with van der Waals surface area (Å²) in [6.07, 6.45) is 11.3. The average molecular weight is 235 g/mol. The Kier molecular flexibility index (Phi) is 3.90. The van der Waals surface area contributed by atoms with Gasteiger partial charge in [-0.1, -0.05) is 46.1 Å². The SMILES string of the molecule is CC(C)(C)[C@H]1COC(/C=C/C2CCCCC2)=N1. The number of hydrogen-bond acceptors (Lipinski definition) is 2. The Labute approximate surface area is 105 Å². The summed E-state index contributed by atoms with van der Waals surface area (Å²) < 4.78 is 5.65. The molecular weight excluding hydrogens is 210 g/mol. The Balaban J connectivity index is 1.89. The number of rotatable bonds is 2. The van der Waals surface area contributed by atoms with Gasteiger partial charge in [-0.15, -0.1) is 0 Å². The molecule has 0 radical (unpaired) electrons. The molecule has 1 saturated carbocycles. The summed E-state index contributed by atoms with van der Waals surface area (Å²) in [5.74, 6) is 1.60. The first-order valence-electron chi connectivity index (χ1n) is 6.94. The van der Waals surface area contributed by atoms with Gasteiger partial charge >= 0.3 is 0 Å². The van der Waals surface area contributed by atoms with Gasteiger partial charge in [0.05, 0.1) is 6.04 Å². The van der Waals surface area contributed by atoms with Crippen molar-refractivity contribution in [1.82, 2.24) is 0 Å². The van der Waals surface area contributed by atoms with Crippen LogP contribution in [0.1, 0.15) is 52.9 Å². The van der Waals surface area contributed by atoms with E-state index in [1.807, 2.05) is 0 Å². The molecule has 2 nitrogen and oxygen atoms in total. The van der Waals surface area contributed by atoms with Gasteiger partial charge in [-0.05, 0) is 30.3 Å². The molecule has 2 rings (SSSR count). The fourth-order valence-electron chi connectivity index (χ4n) is 2.47. The van der Waals surface area contributed by atoms with Crippen LogP contribution >= 0.6 is 0 Å². The van der Waals surface area contributed by atoms with Crippen molar-refractivity contribution >= 4 is 5.90 Å². The smallest absolute Gasteiger partial charge is 0.208 e. The van der Waals surface area contributed by atoms with Crippen LogP contribution in [0.4, 0.5) is 0 Å². The molecule has 1 atom stereocenters. The largest absolute Gasteiger partial charge is 0.476 e. The predicted molar refractivity (Wildman–Crippen MR) is 72.3 cm³/mol. The van der Waals surface area contributed by atoms with E-state index >= 15 is 0 Å². The number of nitrogens with zero attached hydrogens (tertiary/aromatic N) is 1. The van der Waals surface area contributed by atoms with Crippen molar-refractivity contribution in [3.8, 4) is 0 Å². The van der Waals surface area contributed by atoms with Gasteiger partial charge in [-0.3, -0.25) is 0 Å². The second-order valence-corrected chi connectivity index (χ2v) is 6.42. The number of ether oxygens (including phenoxy) is 1. The summed E-state index contributed by atoms with van der Waals surface area (Å²) in [5.41, 5.74) is 0.209. The van der Waals surface area contributed by atoms with Gasteiger partial charge in [-0.25, -0.2) is 4.99 Å². The summed E-state index contributed by atoms with van der Waals surface area (Å²) >= 11 is 0. The lowest BCUT2D eigenvalue weighted by Crippen LogP contribution is -2.25. The van der Waals surface area contributed by atoms with Gasteiger partial charge in [0.25, 0.3) is 0 Å². The van der Waals surface area contributed by atoms with Crippen LogP contribution in [-0.2, 0) is 4.74 Å². The summed E-state index contributed by atoms with van der Waals surface area (Å²) in [6, 6.07) is 0.313. The van der Waals surface area contributed by atoms with Crippen LogP contribution < -0.4 is 0 Å². The highest BCUT2D eigenvalue weighted by atomic mass is 16.5. The van der Waals surface area contributed by atoms with Crippen molar-refractivity contribution < 1.29 is 4.74 Å². The minimum atomic E-state index is 0.209. The molecule has 0 amide bonds. The molecule has 96 valence electrons. The highest BCUT2D eigenvalue weighted by Crippen LogP contribution is 2.27. The Bertz CT molecular complexity index is 305. The number of allylic oxidation sites excluding steroid dienone is 1. The third kappa shape index (κ3) is 3.58. The van der Waals surface area contributed by atoms with E-state index in [0.717, 1.165) is 18.4 Å². The molecule has 1 aliphatic carbocycles. The van der Waals surface area contributed by atoms with Gasteiger partial charge in [0.1, 0.15) is 6.61 Å². The van der Waals surface area contributed by atoms with E-state index in [9.17, 15) is 0 Å². The van der Waals surface area contributed by atoms with Crippen molar-refractivity contribution in [3.05, 3.63) is 12.2 Å². The highest BCUT2D eigenvalue weighted by molar-refractivity contribution is 5.88. The first kappa shape index (κ1) is 12.7. The van der Waals surface area contributed by atoms with Gasteiger partial charge in [-0.2, -0.15) is 0 Å². The number of hydrogen-bond donors (Lipinski definition) is 0. The molecule has 2 aliphatic rings. The molecule has 0 unspecified atom stereocenters. The van der Waals surface area contributed by atoms with Crippen LogP contribution in [0.2, 0.25) is 0 Å². The van der Waals surface area contributed by atoms with E-state index in [4.69, 9.17) is 4.74 Å². The topological polar surface area (TPSA) is 21.6 Å². The van der Waals surface area contributed by atoms with Crippen molar-refractivity contribution in [1.29, 1.82) is 0 Å². The monoisotopic (exact) mass is 235 g/mol. The molecule has 0 saturated heterocycles. The van der Waals surface area contributed by atoms with Crippen molar-refractivity contribution in [3.63, 3.8) is 0 Å². The zero-order chi connectivity index (χ0) is 12.3. The molecule has 1 heterocycles. The lowest BCUT2D eigenvalue weighted by atomic mass is 9.88. The molecule has 0 aromatic carbocycles. The maximum absolute atomic E-state index is 5.65. The van der Waals surface area contributed by atoms with Crippen LogP contribution in [0.25, 0.3) is 0 Å². The molecular formula is C15H25NO. The van der Waals surface area contributed by atoms with Crippen molar-refractivity contribution in [2.75, 3.05) is 6.61 Å². The molecule has 0 aromatic heterocycles. The third-order valence-electron chi connectivity index (χ3n) is 3.83. The molecule has 0 aromatic rings. The van der Waals surface area contributed by atoms with E-state index < -0.39 is 0 Å². The lowest BCUT2D eigenvalue weighted by Gasteiger charge is -2.21. The maximum atomic E-state index is 5.65. The standard InChI is InChI=1S/C15H25NO/c1-15(2,3)13-11-17-14(16-13)10-9-12-7-5-4-6-8-12/h9-10,12-13H,4-8,11H2,1-3H3/b10-9+/t13-/m1/s1. The van der Waals surface area contributed by atoms with Gasteiger partial charge in [0.15, 0.2) is 0 Å². The summed E-state index contributed by atoms with van der Waals surface area (Å²) in [6.45, 7) is 7.41. The summed E-state index contributed by atoms with van der Waals surface area (Å²) in [7, 11) is 0. The fraction of sp³-hybridized carbons (Fsp3) is 0.800. The van der Waals surface area contributed by atoms with Crippen LogP contribution in [0, 0.1) is 11.3 Å². The van der Waals surface area contributed by atoms with Gasteiger partial charge in [0, 0.05) is 0 Å². The van der Waals surface area contributed by atoms with Crippen molar-refractivity contribution in [2.24, 2.45) is 16.3 Å². The summed E-state index contributed by atoms with van der Waals surface area (Å²) in [4.78, 5) is 4.65. The Morgan fingerprint density at radius 2 is 1.88 bits per heavy atom. The van der Waals surface area contributed by atoms with Crippen LogP contribution in [-0.4, -0.2) is 18.5 Å². The first-order chi connectivity index (χ1) is 8.05. The number of aliphatic imine (C=N–C) groups is 1. The molecule has 1 aliphatic heterocycles. The minimum Gasteiger partial charge on any atom is -0.476 e. The fourth-order valence-corrected chi connectivity index (χ4v) is 2.47. The Morgan fingerprint density at radius 1 is 1.18 bits per heavy atom. The molecule has 1 fully saturated rings. The van der Waals surface area contributed by atoms with Crippen LogP contribution in [0.3, 0.4) is 0 Å². The van der Waals surface area contributed by atoms with E-state index in [0.29, 0.717) is 6.04 Å². The normalized spacial score (nSPS) is 27.2. The van der Waals surface area contributed by atoms with E-state index in [1.165, 1.54) is 32.1 Å². The second kappa shape index (κ2) is 5.24. The summed E-state index contributed by atoms with van der Waals surface area (Å²) in [5, 5.41) is 0. The van der Waals surface area contributed by atoms with Gasteiger partial charge < -0.3 is 4.74 Å². The zero-order valence-corrected chi connectivity index (χ0v) is 11.4. The molecule has 17 heavy (non-hydrogen) atoms. The van der Waals surface area contributed by atoms with Crippen molar-refractivity contribution in [2.45, 2.75) is 58.9 Å². The van der Waals surface area contributed by atoms with Gasteiger partial charge in [0.2, 0.25) is 5.90 Å². The Hall–Kier alpha value is -0.790. The predicted octanol–water partition coefficient (Wildman–Crippen LogP) is 3.97. The third-order valence-corrected chi connectivity index (χ3v) is 3.83. The Morgan fingerprint density at radius 3 is 2.47 bits per heavy atom. The van der Waals surface area contributed by atoms with E-state index in [1.54, 1.807) is 0 Å². The van der Waals surface area contributed by atoms with E-state index in [2.05, 4.69) is 37.9 Å². The zero-order valence-electron chi connectivity index (χ0n) is 11.4. The van der Waals surface area contributed by atoms with E-state index in [-0.39, 0.29) is 5.41 Å². The first-order valence-corrected chi connectivity index (χ1v) is 6.94. The average Bonchev–Trinajstić information content (AvgIpc) is 2.76. The van der Waals surface area contributed by atoms with Crippen LogP contribution in [0.5, 0.6) is 0 Å². The molecule has 0 bridgehead atoms. The molecule has 2 heteroatoms. The quantitative estimate of drug-likeness (QED) is 0.709. The highest BCUT2D eigenvalue weighted by Gasteiger charge is 2.29. The molecule has 0 spiro atoms. The maximum Gasteiger partial charge on any atom is 0.208 e. The lowest BCUT2D eigenvalue weighted by molar-refractivity contribution is 0.236. The molecule has 0 N–H and O–H groups in total. The second-order valence-electron chi connectivity index (χ2n) is 6.42. The minimum absolute atomic E-state index is 0.209. The van der Waals surface area contributed by atoms with Crippen LogP contribution in [0.15, 0.2) is 17.1 Å².